The lowest BCUT2D eigenvalue weighted by Gasteiger charge is -2.18. The maximum atomic E-state index is 11.2. The zero-order valence-electron chi connectivity index (χ0n) is 9.49. The predicted octanol–water partition coefficient (Wildman–Crippen LogP) is 0.319. The van der Waals surface area contributed by atoms with Crippen LogP contribution in [0.2, 0.25) is 0 Å². The summed E-state index contributed by atoms with van der Waals surface area (Å²) < 4.78 is 1.68. The lowest BCUT2D eigenvalue weighted by Crippen LogP contribution is -2.38. The maximum absolute atomic E-state index is 11.2. The Morgan fingerprint density at radius 1 is 1.28 bits per heavy atom. The van der Waals surface area contributed by atoms with E-state index < -0.39 is 17.6 Å². The van der Waals surface area contributed by atoms with Crippen LogP contribution in [0.15, 0.2) is 0 Å². The summed E-state index contributed by atoms with van der Waals surface area (Å²) in [7, 11) is 0. The van der Waals surface area contributed by atoms with Crippen LogP contribution >= 0.6 is 27.9 Å². The van der Waals surface area contributed by atoms with Gasteiger partial charge in [-0.05, 0) is 13.8 Å². The van der Waals surface area contributed by atoms with E-state index in [1.54, 1.807) is 13.8 Å². The van der Waals surface area contributed by atoms with Gasteiger partial charge in [0.1, 0.15) is 5.54 Å². The molecule has 0 aliphatic carbocycles. The number of urea groups is 2. The van der Waals surface area contributed by atoms with E-state index in [1.165, 1.54) is 0 Å². The van der Waals surface area contributed by atoms with Gasteiger partial charge in [0.05, 0.1) is 22.7 Å². The molecule has 2 aliphatic rings. The molecule has 0 bridgehead atoms. The number of rotatable bonds is 0. The first kappa shape index (κ1) is 14.7. The van der Waals surface area contributed by atoms with Gasteiger partial charge in [-0.15, -0.1) is 0 Å². The fourth-order valence-corrected chi connectivity index (χ4v) is 1.93. The Hall–Kier alpha value is -1.35. The fraction of sp³-hybridized carbons (Fsp3) is 0.500. The van der Waals surface area contributed by atoms with E-state index in [1.807, 2.05) is 5.32 Å². The van der Waals surface area contributed by atoms with Crippen LogP contribution in [-0.4, -0.2) is 44.3 Å². The normalized spacial score (nSPS) is 21.6. The molecule has 100 valence electrons. The van der Waals surface area contributed by atoms with Crippen LogP contribution in [-0.2, 0) is 9.59 Å². The van der Waals surface area contributed by atoms with Crippen LogP contribution in [0, 0.1) is 0 Å². The number of amides is 6. The molecule has 18 heavy (non-hydrogen) atoms. The molecule has 6 amide bonds. The van der Waals surface area contributed by atoms with E-state index in [0.717, 1.165) is 8.34 Å². The lowest BCUT2D eigenvalue weighted by atomic mass is 10.1. The topological polar surface area (TPSA) is 98.8 Å². The lowest BCUT2D eigenvalue weighted by molar-refractivity contribution is -0.127. The molecule has 10 heteroatoms. The number of nitrogens with one attached hydrogen (secondary N) is 2. The van der Waals surface area contributed by atoms with Gasteiger partial charge < -0.3 is 5.32 Å². The SMILES string of the molecule is CC1(C)C(=O)N(Br)C(=O)N1Cl.O=C1CNC(=O)N1. The summed E-state index contributed by atoms with van der Waals surface area (Å²) in [4.78, 5) is 42.2. The van der Waals surface area contributed by atoms with Crippen LogP contribution < -0.4 is 10.6 Å². The highest BCUT2D eigenvalue weighted by atomic mass is 79.9. The van der Waals surface area contributed by atoms with E-state index in [-0.39, 0.29) is 18.4 Å². The van der Waals surface area contributed by atoms with Gasteiger partial charge >= 0.3 is 12.1 Å². The minimum absolute atomic E-state index is 0.124. The smallest absolute Gasteiger partial charge is 0.329 e. The van der Waals surface area contributed by atoms with Crippen molar-refractivity contribution in [3.05, 3.63) is 0 Å². The fourth-order valence-electron chi connectivity index (χ4n) is 1.10. The highest BCUT2D eigenvalue weighted by Gasteiger charge is 2.50. The highest BCUT2D eigenvalue weighted by molar-refractivity contribution is 9.08. The van der Waals surface area contributed by atoms with E-state index >= 15 is 0 Å². The van der Waals surface area contributed by atoms with E-state index in [2.05, 4.69) is 21.5 Å². The second-order valence-corrected chi connectivity index (χ2v) is 4.99. The van der Waals surface area contributed by atoms with Crippen molar-refractivity contribution < 1.29 is 19.2 Å². The molecular formula is C8H10BrClN4O4. The number of hydrogen-bond donors (Lipinski definition) is 2. The van der Waals surface area contributed by atoms with Crippen LogP contribution in [0.1, 0.15) is 13.8 Å². The Labute approximate surface area is 116 Å². The summed E-state index contributed by atoms with van der Waals surface area (Å²) >= 11 is 8.33. The molecule has 0 aromatic heterocycles. The number of carbonyl (C=O) groups is 4. The number of nitrogens with zero attached hydrogens (tertiary/aromatic N) is 2. The first-order valence-electron chi connectivity index (χ1n) is 4.76. The quantitative estimate of drug-likeness (QED) is 0.489. The van der Waals surface area contributed by atoms with Crippen molar-refractivity contribution in [2.45, 2.75) is 19.4 Å². The van der Waals surface area contributed by atoms with Crippen LogP contribution in [0.4, 0.5) is 9.59 Å². The highest BCUT2D eigenvalue weighted by Crippen LogP contribution is 2.30. The molecule has 2 N–H and O–H groups in total. The molecule has 2 aliphatic heterocycles. The van der Waals surface area contributed by atoms with Gasteiger partial charge in [0, 0.05) is 11.8 Å². The molecule has 2 rings (SSSR count). The molecule has 8 nitrogen and oxygen atoms in total. The Bertz CT molecular complexity index is 413. The van der Waals surface area contributed by atoms with Gasteiger partial charge in [0.2, 0.25) is 5.91 Å². The molecule has 0 aromatic rings. The van der Waals surface area contributed by atoms with Crippen molar-refractivity contribution in [3.63, 3.8) is 0 Å². The first-order chi connectivity index (χ1) is 8.17. The molecule has 2 saturated heterocycles. The van der Waals surface area contributed by atoms with E-state index in [9.17, 15) is 19.2 Å². The molecule has 2 fully saturated rings. The summed E-state index contributed by atoms with van der Waals surface area (Å²) in [5, 5.41) is 4.30. The van der Waals surface area contributed by atoms with Crippen LogP contribution in [0.25, 0.3) is 0 Å². The standard InChI is InChI=1S/C5H6BrClN2O2.C3H4N2O2/c1-5(2)3(10)8(6)4(11)9(5)7;6-2-1-4-3(7)5-2/h1-2H3;1H2,(H2,4,5,6,7). The van der Waals surface area contributed by atoms with Crippen molar-refractivity contribution in [2.75, 3.05) is 6.54 Å². The summed E-state index contributed by atoms with van der Waals surface area (Å²) in [6.45, 7) is 3.27. The molecular weight excluding hydrogens is 331 g/mol. The van der Waals surface area contributed by atoms with E-state index in [0.29, 0.717) is 0 Å². The molecule has 0 aromatic carbocycles. The molecule has 0 saturated carbocycles. The third-order valence-corrected chi connectivity index (χ3v) is 3.38. The number of hydrogen-bond acceptors (Lipinski definition) is 4. The monoisotopic (exact) mass is 340 g/mol. The summed E-state index contributed by atoms with van der Waals surface area (Å²) in [5.74, 6) is -0.623. The van der Waals surface area contributed by atoms with Gasteiger partial charge in [-0.3, -0.25) is 14.9 Å². The zero-order valence-corrected chi connectivity index (χ0v) is 11.8. The third kappa shape index (κ3) is 2.72. The van der Waals surface area contributed by atoms with Crippen LogP contribution in [0.3, 0.4) is 0 Å². The van der Waals surface area contributed by atoms with Crippen molar-refractivity contribution in [3.8, 4) is 0 Å². The third-order valence-electron chi connectivity index (χ3n) is 2.19. The number of imide groups is 2. The zero-order chi connectivity index (χ0) is 14.1. The molecule has 0 spiro atoms. The average Bonchev–Trinajstić information content (AvgIpc) is 2.73. The minimum atomic E-state index is -0.956. The van der Waals surface area contributed by atoms with Gasteiger partial charge in [-0.1, -0.05) is 0 Å². The van der Waals surface area contributed by atoms with Crippen molar-refractivity contribution in [1.82, 2.24) is 19.0 Å². The van der Waals surface area contributed by atoms with Gasteiger partial charge in [-0.25, -0.2) is 14.0 Å². The maximum Gasteiger partial charge on any atom is 0.352 e. The Morgan fingerprint density at radius 3 is 1.94 bits per heavy atom. The Morgan fingerprint density at radius 2 is 1.83 bits per heavy atom. The van der Waals surface area contributed by atoms with Crippen molar-refractivity contribution >= 4 is 51.8 Å². The molecule has 0 atom stereocenters. The average molecular weight is 342 g/mol. The predicted molar refractivity (Wildman–Crippen MR) is 64.5 cm³/mol. The Kier molecular flexibility index (Phi) is 4.17. The first-order valence-corrected chi connectivity index (χ1v) is 5.80. The summed E-state index contributed by atoms with van der Waals surface area (Å²) in [5.41, 5.74) is -0.956. The van der Waals surface area contributed by atoms with E-state index in [4.69, 9.17) is 11.8 Å². The van der Waals surface area contributed by atoms with Crippen molar-refractivity contribution in [1.29, 1.82) is 0 Å². The van der Waals surface area contributed by atoms with Crippen molar-refractivity contribution in [2.24, 2.45) is 0 Å². The van der Waals surface area contributed by atoms with Gasteiger partial charge in [-0.2, -0.15) is 3.93 Å². The van der Waals surface area contributed by atoms with Gasteiger partial charge in [0.15, 0.2) is 0 Å². The second-order valence-electron chi connectivity index (χ2n) is 3.94. The second kappa shape index (κ2) is 5.11. The summed E-state index contributed by atoms with van der Waals surface area (Å²) in [6.07, 6.45) is 0. The molecule has 0 unspecified atom stereocenters. The Balaban J connectivity index is 0.000000199. The van der Waals surface area contributed by atoms with Gasteiger partial charge in [0.25, 0.3) is 5.91 Å². The number of halogens is 2. The van der Waals surface area contributed by atoms with Crippen LogP contribution in [0.5, 0.6) is 0 Å². The molecule has 0 radical (unpaired) electrons. The number of carbonyl (C=O) groups excluding carboxylic acids is 4. The minimum Gasteiger partial charge on any atom is -0.329 e. The largest absolute Gasteiger partial charge is 0.352 e. The summed E-state index contributed by atoms with van der Waals surface area (Å²) in [6, 6.07) is -0.952. The molecule has 2 heterocycles.